The van der Waals surface area contributed by atoms with Gasteiger partial charge in [-0.2, -0.15) is 0 Å². The number of hydrazine groups is 1. The van der Waals surface area contributed by atoms with Crippen LogP contribution in [0.5, 0.6) is 0 Å². The van der Waals surface area contributed by atoms with Gasteiger partial charge in [-0.15, -0.1) is 0 Å². The van der Waals surface area contributed by atoms with Crippen molar-refractivity contribution < 1.29 is 4.79 Å². The van der Waals surface area contributed by atoms with Gasteiger partial charge in [0.2, 0.25) is 5.91 Å². The molecule has 7 heavy (non-hydrogen) atoms. The van der Waals surface area contributed by atoms with Crippen LogP contribution in [-0.4, -0.2) is 25.0 Å². The predicted octanol–water partition coefficient (Wildman–Crippen LogP) is -0.401. The molecule has 0 aliphatic heterocycles. The van der Waals surface area contributed by atoms with Gasteiger partial charge in [-0.05, 0) is 0 Å². The van der Waals surface area contributed by atoms with Crippen LogP contribution in [0, 0.1) is 0 Å². The Morgan fingerprint density at radius 3 is 2.14 bits per heavy atom. The van der Waals surface area contributed by atoms with E-state index in [4.69, 9.17) is 0 Å². The molecule has 0 aliphatic carbocycles. The Balaban J connectivity index is 3.34. The highest BCUT2D eigenvalue weighted by Crippen LogP contribution is 1.69. The summed E-state index contributed by atoms with van der Waals surface area (Å²) in [5.41, 5.74) is 2.65. The van der Waals surface area contributed by atoms with E-state index in [-0.39, 0.29) is 5.91 Å². The first-order chi connectivity index (χ1) is 3.18. The first-order valence-corrected chi connectivity index (χ1v) is 2.10. The van der Waals surface area contributed by atoms with E-state index in [1.807, 2.05) is 0 Å². The minimum absolute atomic E-state index is 0.0162. The second-order valence-corrected chi connectivity index (χ2v) is 1.30. The number of nitrogens with one attached hydrogen (secondary N) is 1. The van der Waals surface area contributed by atoms with Crippen LogP contribution in [0.4, 0.5) is 0 Å². The summed E-state index contributed by atoms with van der Waals surface area (Å²) >= 11 is 0. The fourth-order valence-electron chi connectivity index (χ4n) is 0.157. The van der Waals surface area contributed by atoms with Gasteiger partial charge in [-0.25, -0.2) is 5.43 Å². The molecule has 0 aromatic rings. The van der Waals surface area contributed by atoms with E-state index < -0.39 is 0 Å². The summed E-state index contributed by atoms with van der Waals surface area (Å²) in [4.78, 5) is 10.2. The summed E-state index contributed by atoms with van der Waals surface area (Å²) in [6.45, 7) is 1.50. The zero-order chi connectivity index (χ0) is 5.86. The van der Waals surface area contributed by atoms with Gasteiger partial charge in [0.1, 0.15) is 0 Å². The summed E-state index contributed by atoms with van der Waals surface area (Å²) in [5.74, 6) is 0.0162. The predicted molar refractivity (Wildman–Crippen MR) is 27.5 cm³/mol. The molecular formula is C4H10N2O. The van der Waals surface area contributed by atoms with E-state index in [9.17, 15) is 4.79 Å². The average molecular weight is 102 g/mol. The Hall–Kier alpha value is -0.570. The number of rotatable bonds is 1. The fourth-order valence-corrected chi connectivity index (χ4v) is 0.157. The quantitative estimate of drug-likeness (QED) is 0.457. The zero-order valence-corrected chi connectivity index (χ0v) is 4.86. The maximum atomic E-state index is 10.2. The normalized spacial score (nSPS) is 8.43. The molecule has 0 unspecified atom stereocenters. The molecule has 0 aromatic heterocycles. The van der Waals surface area contributed by atoms with Crippen molar-refractivity contribution in [3.63, 3.8) is 0 Å². The van der Waals surface area contributed by atoms with E-state index >= 15 is 0 Å². The second kappa shape index (κ2) is 2.58. The molecule has 0 aromatic carbocycles. The van der Waals surface area contributed by atoms with Crippen molar-refractivity contribution in [1.29, 1.82) is 0 Å². The fraction of sp³-hybridized carbons (Fsp3) is 0.750. The third-order valence-electron chi connectivity index (χ3n) is 0.808. The highest BCUT2D eigenvalue weighted by molar-refractivity contribution is 5.72. The lowest BCUT2D eigenvalue weighted by molar-refractivity contribution is -0.129. The highest BCUT2D eigenvalue weighted by atomic mass is 16.2. The van der Waals surface area contributed by atoms with Crippen molar-refractivity contribution in [3.8, 4) is 0 Å². The number of hydrogen-bond acceptors (Lipinski definition) is 2. The van der Waals surface area contributed by atoms with Gasteiger partial charge in [0.05, 0.1) is 0 Å². The van der Waals surface area contributed by atoms with Crippen LogP contribution in [0.1, 0.15) is 6.92 Å². The molecule has 0 aliphatic rings. The van der Waals surface area contributed by atoms with Crippen molar-refractivity contribution in [1.82, 2.24) is 10.4 Å². The monoisotopic (exact) mass is 102 g/mol. The van der Waals surface area contributed by atoms with E-state index in [1.54, 1.807) is 14.1 Å². The van der Waals surface area contributed by atoms with Crippen molar-refractivity contribution in [2.75, 3.05) is 14.1 Å². The van der Waals surface area contributed by atoms with Gasteiger partial charge in [0, 0.05) is 21.0 Å². The van der Waals surface area contributed by atoms with Crippen LogP contribution in [0.2, 0.25) is 0 Å². The summed E-state index contributed by atoms with van der Waals surface area (Å²) in [6.07, 6.45) is 0. The molecule has 1 amide bonds. The van der Waals surface area contributed by atoms with Crippen molar-refractivity contribution in [2.24, 2.45) is 0 Å². The molecule has 3 nitrogen and oxygen atoms in total. The number of carbonyl (C=O) groups is 1. The van der Waals surface area contributed by atoms with Gasteiger partial charge >= 0.3 is 0 Å². The van der Waals surface area contributed by atoms with Crippen molar-refractivity contribution in [2.45, 2.75) is 6.92 Å². The number of amides is 1. The lowest BCUT2D eigenvalue weighted by atomic mass is 10.7. The van der Waals surface area contributed by atoms with Gasteiger partial charge < -0.3 is 0 Å². The van der Waals surface area contributed by atoms with E-state index in [2.05, 4.69) is 5.43 Å². The van der Waals surface area contributed by atoms with Gasteiger partial charge in [0.25, 0.3) is 0 Å². The summed E-state index contributed by atoms with van der Waals surface area (Å²) < 4.78 is 0. The van der Waals surface area contributed by atoms with Gasteiger partial charge in [0.15, 0.2) is 0 Å². The molecule has 0 atom stereocenters. The van der Waals surface area contributed by atoms with Crippen LogP contribution >= 0.6 is 0 Å². The first-order valence-electron chi connectivity index (χ1n) is 2.10. The average Bonchev–Trinajstić information content (AvgIpc) is 1.65. The second-order valence-electron chi connectivity index (χ2n) is 1.30. The Kier molecular flexibility index (Phi) is 2.37. The summed E-state index contributed by atoms with van der Waals surface area (Å²) in [6, 6.07) is 0. The van der Waals surface area contributed by atoms with Crippen LogP contribution in [-0.2, 0) is 4.79 Å². The minimum atomic E-state index is 0.0162. The Morgan fingerprint density at radius 2 is 2.14 bits per heavy atom. The summed E-state index contributed by atoms with van der Waals surface area (Å²) in [7, 11) is 3.36. The van der Waals surface area contributed by atoms with E-state index in [1.165, 1.54) is 11.9 Å². The van der Waals surface area contributed by atoms with Crippen LogP contribution in [0.3, 0.4) is 0 Å². The SMILES string of the molecule is CNN(C)C(C)=O. The van der Waals surface area contributed by atoms with Crippen molar-refractivity contribution in [3.05, 3.63) is 0 Å². The first kappa shape index (κ1) is 6.43. The summed E-state index contributed by atoms with van der Waals surface area (Å²) in [5, 5.41) is 1.40. The lowest BCUT2D eigenvalue weighted by Gasteiger charge is -2.10. The number of hydrogen-bond donors (Lipinski definition) is 1. The molecule has 0 rings (SSSR count). The number of carbonyl (C=O) groups excluding carboxylic acids is 1. The molecule has 42 valence electrons. The third-order valence-corrected chi connectivity index (χ3v) is 0.808. The van der Waals surface area contributed by atoms with Crippen LogP contribution < -0.4 is 5.43 Å². The molecule has 0 radical (unpaired) electrons. The molecule has 0 heterocycles. The van der Waals surface area contributed by atoms with E-state index in [0.717, 1.165) is 0 Å². The van der Waals surface area contributed by atoms with Crippen molar-refractivity contribution >= 4 is 5.91 Å². The molecule has 0 fully saturated rings. The zero-order valence-electron chi connectivity index (χ0n) is 4.86. The maximum absolute atomic E-state index is 10.2. The maximum Gasteiger partial charge on any atom is 0.233 e. The lowest BCUT2D eigenvalue weighted by Crippen LogP contribution is -2.34. The van der Waals surface area contributed by atoms with Gasteiger partial charge in [-0.1, -0.05) is 0 Å². The largest absolute Gasteiger partial charge is 0.282 e. The highest BCUT2D eigenvalue weighted by Gasteiger charge is 1.93. The molecule has 0 saturated heterocycles. The van der Waals surface area contributed by atoms with Crippen LogP contribution in [0.25, 0.3) is 0 Å². The molecule has 3 heteroatoms. The van der Waals surface area contributed by atoms with Crippen LogP contribution in [0.15, 0.2) is 0 Å². The van der Waals surface area contributed by atoms with Gasteiger partial charge in [-0.3, -0.25) is 9.80 Å². The smallest absolute Gasteiger partial charge is 0.233 e. The minimum Gasteiger partial charge on any atom is -0.282 e. The Morgan fingerprint density at radius 1 is 1.71 bits per heavy atom. The Bertz CT molecular complexity index is 72.1. The molecule has 1 N–H and O–H groups in total. The standard InChI is InChI=1S/C4H10N2O/c1-4(7)6(3)5-2/h5H,1-3H3. The topological polar surface area (TPSA) is 32.3 Å². The molecular weight excluding hydrogens is 92.1 g/mol. The van der Waals surface area contributed by atoms with E-state index in [0.29, 0.717) is 0 Å². The molecule has 0 spiro atoms. The number of nitrogens with zero attached hydrogens (tertiary/aromatic N) is 1. The molecule has 0 saturated carbocycles. The molecule has 0 bridgehead atoms. The third kappa shape index (κ3) is 2.17. The Labute approximate surface area is 43.3 Å².